The molecular weight excluding hydrogens is 292 g/mol. The SMILES string of the molecule is CC1CN(C(=O)c2sc(N3CCOCC3)nc2N)CCO1. The number of aromatic nitrogens is 1. The van der Waals surface area contributed by atoms with Crippen LogP contribution >= 0.6 is 11.3 Å². The minimum Gasteiger partial charge on any atom is -0.382 e. The molecule has 1 aromatic heterocycles. The molecule has 1 amide bonds. The third-order valence-corrected chi connectivity index (χ3v) is 4.77. The lowest BCUT2D eigenvalue weighted by atomic mass is 10.3. The van der Waals surface area contributed by atoms with Gasteiger partial charge in [0.15, 0.2) is 5.13 Å². The molecule has 7 nitrogen and oxygen atoms in total. The molecule has 2 saturated heterocycles. The first-order valence-electron chi connectivity index (χ1n) is 7.15. The number of hydrogen-bond donors (Lipinski definition) is 1. The maximum Gasteiger partial charge on any atom is 0.268 e. The van der Waals surface area contributed by atoms with Crippen molar-refractivity contribution < 1.29 is 14.3 Å². The number of morpholine rings is 2. The molecular formula is C13H20N4O3S. The number of anilines is 2. The van der Waals surface area contributed by atoms with Crippen LogP contribution in [0.1, 0.15) is 16.6 Å². The highest BCUT2D eigenvalue weighted by atomic mass is 32.1. The number of thiazole rings is 1. The van der Waals surface area contributed by atoms with E-state index < -0.39 is 0 Å². The molecule has 0 radical (unpaired) electrons. The number of carbonyl (C=O) groups excluding carboxylic acids is 1. The summed E-state index contributed by atoms with van der Waals surface area (Å²) in [5.74, 6) is 0.283. The third kappa shape index (κ3) is 3.12. The molecule has 3 heterocycles. The molecule has 1 atom stereocenters. The summed E-state index contributed by atoms with van der Waals surface area (Å²) in [5.41, 5.74) is 5.95. The first kappa shape index (κ1) is 14.6. The van der Waals surface area contributed by atoms with E-state index in [9.17, 15) is 4.79 Å². The average molecular weight is 312 g/mol. The Hall–Kier alpha value is -1.38. The number of nitrogens with two attached hydrogens (primary N) is 1. The van der Waals surface area contributed by atoms with Gasteiger partial charge in [0.25, 0.3) is 5.91 Å². The number of nitrogen functional groups attached to an aromatic ring is 1. The Bertz CT molecular complexity index is 516. The number of rotatable bonds is 2. The molecule has 2 fully saturated rings. The highest BCUT2D eigenvalue weighted by Crippen LogP contribution is 2.30. The van der Waals surface area contributed by atoms with Crippen molar-refractivity contribution in [2.24, 2.45) is 0 Å². The molecule has 0 saturated carbocycles. The first-order valence-corrected chi connectivity index (χ1v) is 7.96. The van der Waals surface area contributed by atoms with Gasteiger partial charge in [-0.1, -0.05) is 11.3 Å². The highest BCUT2D eigenvalue weighted by molar-refractivity contribution is 7.18. The molecule has 0 aliphatic carbocycles. The Labute approximate surface area is 127 Å². The second kappa shape index (κ2) is 6.17. The molecule has 2 N–H and O–H groups in total. The predicted octanol–water partition coefficient (Wildman–Crippen LogP) is 0.423. The van der Waals surface area contributed by atoms with Gasteiger partial charge in [-0.2, -0.15) is 0 Å². The van der Waals surface area contributed by atoms with Gasteiger partial charge >= 0.3 is 0 Å². The molecule has 1 unspecified atom stereocenters. The standard InChI is InChI=1S/C13H20N4O3S/c1-9-8-17(4-7-20-9)12(18)10-11(14)15-13(21-10)16-2-5-19-6-3-16/h9H,2-8,14H2,1H3. The summed E-state index contributed by atoms with van der Waals surface area (Å²) in [4.78, 5) is 21.4. The van der Waals surface area contributed by atoms with E-state index in [-0.39, 0.29) is 12.0 Å². The largest absolute Gasteiger partial charge is 0.382 e. The van der Waals surface area contributed by atoms with E-state index in [1.165, 1.54) is 11.3 Å². The summed E-state index contributed by atoms with van der Waals surface area (Å²) in [6.45, 7) is 6.69. The van der Waals surface area contributed by atoms with Gasteiger partial charge in [-0.15, -0.1) is 0 Å². The molecule has 0 bridgehead atoms. The lowest BCUT2D eigenvalue weighted by molar-refractivity contribution is -0.0122. The Morgan fingerprint density at radius 2 is 2.10 bits per heavy atom. The van der Waals surface area contributed by atoms with Crippen LogP contribution in [0.4, 0.5) is 10.9 Å². The molecule has 0 aromatic carbocycles. The van der Waals surface area contributed by atoms with Crippen LogP contribution in [0.25, 0.3) is 0 Å². The van der Waals surface area contributed by atoms with Gasteiger partial charge in [0.05, 0.1) is 25.9 Å². The van der Waals surface area contributed by atoms with Gasteiger partial charge in [0, 0.05) is 26.2 Å². The quantitative estimate of drug-likeness (QED) is 0.852. The van der Waals surface area contributed by atoms with Gasteiger partial charge in [-0.25, -0.2) is 4.98 Å². The molecule has 0 spiro atoms. The van der Waals surface area contributed by atoms with Crippen molar-refractivity contribution in [1.29, 1.82) is 0 Å². The fraction of sp³-hybridized carbons (Fsp3) is 0.692. The minimum absolute atomic E-state index is 0.0420. The van der Waals surface area contributed by atoms with Crippen LogP contribution < -0.4 is 10.6 Å². The summed E-state index contributed by atoms with van der Waals surface area (Å²) >= 11 is 1.37. The van der Waals surface area contributed by atoms with Gasteiger partial charge in [-0.3, -0.25) is 4.79 Å². The number of ether oxygens (including phenoxy) is 2. The maximum atomic E-state index is 12.6. The van der Waals surface area contributed by atoms with Crippen LogP contribution in [-0.2, 0) is 9.47 Å². The van der Waals surface area contributed by atoms with E-state index in [2.05, 4.69) is 9.88 Å². The zero-order valence-corrected chi connectivity index (χ0v) is 12.9. The Morgan fingerprint density at radius 3 is 2.81 bits per heavy atom. The molecule has 116 valence electrons. The van der Waals surface area contributed by atoms with Crippen molar-refractivity contribution in [3.05, 3.63) is 4.88 Å². The normalized spacial score (nSPS) is 23.4. The van der Waals surface area contributed by atoms with E-state index in [4.69, 9.17) is 15.2 Å². The second-order valence-corrected chi connectivity index (χ2v) is 6.22. The van der Waals surface area contributed by atoms with Crippen molar-refractivity contribution in [3.63, 3.8) is 0 Å². The number of hydrogen-bond acceptors (Lipinski definition) is 7. The average Bonchev–Trinajstić information content (AvgIpc) is 2.89. The zero-order valence-electron chi connectivity index (χ0n) is 12.1. The molecule has 21 heavy (non-hydrogen) atoms. The zero-order chi connectivity index (χ0) is 14.8. The fourth-order valence-electron chi connectivity index (χ4n) is 2.51. The molecule has 2 aliphatic rings. The minimum atomic E-state index is -0.0420. The Morgan fingerprint density at radius 1 is 1.33 bits per heavy atom. The smallest absolute Gasteiger partial charge is 0.268 e. The number of nitrogens with zero attached hydrogens (tertiary/aromatic N) is 3. The van der Waals surface area contributed by atoms with E-state index in [1.807, 2.05) is 6.92 Å². The summed E-state index contributed by atoms with van der Waals surface area (Å²) in [6, 6.07) is 0. The third-order valence-electron chi connectivity index (χ3n) is 3.65. The lowest BCUT2D eigenvalue weighted by Crippen LogP contribution is -2.44. The fourth-order valence-corrected chi connectivity index (χ4v) is 3.51. The summed E-state index contributed by atoms with van der Waals surface area (Å²) in [7, 11) is 0. The Balaban J connectivity index is 1.75. The van der Waals surface area contributed by atoms with Crippen molar-refractivity contribution in [1.82, 2.24) is 9.88 Å². The van der Waals surface area contributed by atoms with Crippen LogP contribution in [0.15, 0.2) is 0 Å². The number of carbonyl (C=O) groups is 1. The number of amides is 1. The van der Waals surface area contributed by atoms with Crippen LogP contribution in [-0.4, -0.2) is 67.9 Å². The van der Waals surface area contributed by atoms with Gasteiger partial charge in [0.2, 0.25) is 0 Å². The highest BCUT2D eigenvalue weighted by Gasteiger charge is 2.27. The van der Waals surface area contributed by atoms with E-state index >= 15 is 0 Å². The van der Waals surface area contributed by atoms with Crippen molar-refractivity contribution >= 4 is 28.2 Å². The van der Waals surface area contributed by atoms with Crippen molar-refractivity contribution in [2.75, 3.05) is 56.6 Å². The van der Waals surface area contributed by atoms with Crippen molar-refractivity contribution in [3.8, 4) is 0 Å². The second-order valence-electron chi connectivity index (χ2n) is 5.24. The van der Waals surface area contributed by atoms with Crippen LogP contribution in [0.5, 0.6) is 0 Å². The molecule has 2 aliphatic heterocycles. The topological polar surface area (TPSA) is 80.9 Å². The molecule has 1 aromatic rings. The van der Waals surface area contributed by atoms with Crippen LogP contribution in [0, 0.1) is 0 Å². The van der Waals surface area contributed by atoms with E-state index in [1.54, 1.807) is 4.90 Å². The summed E-state index contributed by atoms with van der Waals surface area (Å²) in [5, 5.41) is 0.806. The lowest BCUT2D eigenvalue weighted by Gasteiger charge is -2.30. The van der Waals surface area contributed by atoms with Gasteiger partial charge < -0.3 is 25.0 Å². The van der Waals surface area contributed by atoms with Crippen LogP contribution in [0.3, 0.4) is 0 Å². The monoisotopic (exact) mass is 312 g/mol. The molecule has 8 heteroatoms. The summed E-state index contributed by atoms with van der Waals surface area (Å²) in [6.07, 6.45) is 0.0653. The van der Waals surface area contributed by atoms with Gasteiger partial charge in [-0.05, 0) is 6.92 Å². The maximum absolute atomic E-state index is 12.6. The van der Waals surface area contributed by atoms with E-state index in [0.717, 1.165) is 18.2 Å². The van der Waals surface area contributed by atoms with E-state index in [0.29, 0.717) is 43.6 Å². The molecule has 3 rings (SSSR count). The van der Waals surface area contributed by atoms with Crippen LogP contribution in [0.2, 0.25) is 0 Å². The summed E-state index contributed by atoms with van der Waals surface area (Å²) < 4.78 is 10.8. The predicted molar refractivity (Wildman–Crippen MR) is 80.9 cm³/mol. The van der Waals surface area contributed by atoms with Crippen molar-refractivity contribution in [2.45, 2.75) is 13.0 Å². The van der Waals surface area contributed by atoms with Gasteiger partial charge in [0.1, 0.15) is 10.7 Å². The Kier molecular flexibility index (Phi) is 4.27. The first-order chi connectivity index (χ1) is 10.1.